The van der Waals surface area contributed by atoms with Crippen LogP contribution in [0.2, 0.25) is 0 Å². The Kier molecular flexibility index (Phi) is 5.46. The molecule has 3 N–H and O–H groups in total. The zero-order valence-electron chi connectivity index (χ0n) is 21.5. The van der Waals surface area contributed by atoms with Crippen LogP contribution in [0.5, 0.6) is 0 Å². The summed E-state index contributed by atoms with van der Waals surface area (Å²) in [5.74, 6) is 0.187. The number of benzene rings is 1. The third kappa shape index (κ3) is 3.39. The SMILES string of the molecule is CC[C@@]1(O)C(=O)OCc2c1cc1n(c2=O)Cc2c-1nc1cc(F)c(C)c3c1c2[C@@H](NC(=O)[C@@H]1CSCN1)CC3. The molecule has 0 bridgehead atoms. The number of carbonyl (C=O) groups is 2. The summed E-state index contributed by atoms with van der Waals surface area (Å²) in [7, 11) is 0. The third-order valence-electron chi connectivity index (χ3n) is 8.73. The van der Waals surface area contributed by atoms with Crippen LogP contribution in [0, 0.1) is 12.7 Å². The number of thioether (sulfide) groups is 1. The molecular formula is C28H27FN4O5S. The number of aryl methyl sites for hydroxylation is 1. The molecular weight excluding hydrogens is 523 g/mol. The van der Waals surface area contributed by atoms with Gasteiger partial charge >= 0.3 is 5.97 Å². The van der Waals surface area contributed by atoms with Gasteiger partial charge in [0.05, 0.1) is 41.1 Å². The molecule has 0 radical (unpaired) electrons. The van der Waals surface area contributed by atoms with E-state index in [9.17, 15) is 19.5 Å². The Balaban J connectivity index is 1.46. The number of aromatic nitrogens is 2. The number of hydrogen-bond donors (Lipinski definition) is 3. The molecule has 39 heavy (non-hydrogen) atoms. The van der Waals surface area contributed by atoms with Crippen molar-refractivity contribution in [1.29, 1.82) is 0 Å². The lowest BCUT2D eigenvalue weighted by molar-refractivity contribution is -0.172. The maximum Gasteiger partial charge on any atom is 0.343 e. The van der Waals surface area contributed by atoms with E-state index in [1.165, 1.54) is 6.07 Å². The molecule has 9 nitrogen and oxygen atoms in total. The highest BCUT2D eigenvalue weighted by Crippen LogP contribution is 2.46. The number of halogens is 1. The Morgan fingerprint density at radius 1 is 1.33 bits per heavy atom. The van der Waals surface area contributed by atoms with Gasteiger partial charge in [-0.3, -0.25) is 14.9 Å². The minimum absolute atomic E-state index is 0.0421. The van der Waals surface area contributed by atoms with Crippen LogP contribution < -0.4 is 16.2 Å². The Morgan fingerprint density at radius 2 is 2.15 bits per heavy atom. The molecule has 0 saturated carbocycles. The largest absolute Gasteiger partial charge is 0.458 e. The van der Waals surface area contributed by atoms with Crippen LogP contribution in [0.25, 0.3) is 22.3 Å². The number of pyridine rings is 2. The predicted octanol–water partition coefficient (Wildman–Crippen LogP) is 2.29. The van der Waals surface area contributed by atoms with Crippen molar-refractivity contribution < 1.29 is 23.8 Å². The molecule has 11 heteroatoms. The number of rotatable bonds is 3. The molecule has 1 amide bonds. The van der Waals surface area contributed by atoms with Crippen LogP contribution in [-0.2, 0) is 39.5 Å². The van der Waals surface area contributed by atoms with Crippen molar-refractivity contribution in [2.24, 2.45) is 0 Å². The summed E-state index contributed by atoms with van der Waals surface area (Å²) < 4.78 is 21.8. The maximum atomic E-state index is 15.0. The number of ether oxygens (including phenoxy) is 1. The van der Waals surface area contributed by atoms with Crippen LogP contribution in [0.15, 0.2) is 16.9 Å². The molecule has 202 valence electrons. The molecule has 1 fully saturated rings. The Hall–Kier alpha value is -3.28. The number of amides is 1. The van der Waals surface area contributed by atoms with Crippen LogP contribution in [-0.4, -0.2) is 44.2 Å². The highest BCUT2D eigenvalue weighted by Gasteiger charge is 2.46. The normalized spacial score (nSPS) is 24.8. The monoisotopic (exact) mass is 550 g/mol. The van der Waals surface area contributed by atoms with Crippen LogP contribution >= 0.6 is 11.8 Å². The first kappa shape index (κ1) is 24.7. The van der Waals surface area contributed by atoms with Gasteiger partial charge in [-0.05, 0) is 48.9 Å². The summed E-state index contributed by atoms with van der Waals surface area (Å²) in [5, 5.41) is 18.4. The van der Waals surface area contributed by atoms with Gasteiger partial charge in [-0.1, -0.05) is 6.92 Å². The van der Waals surface area contributed by atoms with E-state index in [4.69, 9.17) is 9.72 Å². The Bertz CT molecular complexity index is 1680. The van der Waals surface area contributed by atoms with E-state index < -0.39 is 11.6 Å². The van der Waals surface area contributed by atoms with E-state index in [2.05, 4.69) is 10.6 Å². The molecule has 3 atom stereocenters. The number of fused-ring (bicyclic) bond motifs is 5. The predicted molar refractivity (Wildman–Crippen MR) is 143 cm³/mol. The third-order valence-corrected chi connectivity index (χ3v) is 9.67. The molecule has 1 aromatic carbocycles. The fourth-order valence-electron chi connectivity index (χ4n) is 6.53. The molecule has 1 aliphatic carbocycles. The van der Waals surface area contributed by atoms with Crippen molar-refractivity contribution in [1.82, 2.24) is 20.2 Å². The van der Waals surface area contributed by atoms with Crippen LogP contribution in [0.3, 0.4) is 0 Å². The standard InChI is InChI=1S/C28H27FN4O5S/c1-3-28(37)16-6-21-24-14(8-33(21)26(35)15(16)9-38-27(28)36)23-18(32-25(34)20-10-39-11-30-20)5-4-13-12(2)17(29)7-19(31-24)22(13)23/h6-7,18,20,30,37H,3-5,8-11H2,1-2H3,(H,32,34)/t18-,20-,28-/m0/s1. The number of carbonyl (C=O) groups excluding carboxylic acids is 2. The lowest BCUT2D eigenvalue weighted by Gasteiger charge is -2.31. The van der Waals surface area contributed by atoms with E-state index in [1.807, 2.05) is 0 Å². The van der Waals surface area contributed by atoms with E-state index in [1.54, 1.807) is 36.2 Å². The number of nitrogens with one attached hydrogen (secondary N) is 2. The molecule has 0 spiro atoms. The van der Waals surface area contributed by atoms with Gasteiger partial charge in [0.25, 0.3) is 5.56 Å². The minimum atomic E-state index is -1.94. The van der Waals surface area contributed by atoms with Gasteiger partial charge in [-0.25, -0.2) is 14.2 Å². The van der Waals surface area contributed by atoms with Gasteiger partial charge in [0.15, 0.2) is 5.60 Å². The topological polar surface area (TPSA) is 123 Å². The van der Waals surface area contributed by atoms with E-state index in [-0.39, 0.29) is 60.1 Å². The van der Waals surface area contributed by atoms with Crippen molar-refractivity contribution in [3.05, 3.63) is 61.7 Å². The lowest BCUT2D eigenvalue weighted by Crippen LogP contribution is -2.44. The smallest absolute Gasteiger partial charge is 0.343 e. The lowest BCUT2D eigenvalue weighted by atomic mass is 9.81. The molecule has 0 unspecified atom stereocenters. The molecule has 5 heterocycles. The second-order valence-corrected chi connectivity index (χ2v) is 11.7. The summed E-state index contributed by atoms with van der Waals surface area (Å²) in [6, 6.07) is 2.45. The number of hydrogen-bond acceptors (Lipinski definition) is 8. The van der Waals surface area contributed by atoms with Crippen molar-refractivity contribution in [2.75, 3.05) is 11.6 Å². The van der Waals surface area contributed by atoms with E-state index >= 15 is 4.39 Å². The van der Waals surface area contributed by atoms with Gasteiger partial charge in [0, 0.05) is 34.2 Å². The second-order valence-electron chi connectivity index (χ2n) is 10.7. The number of aliphatic hydroxyl groups is 1. The zero-order chi connectivity index (χ0) is 27.2. The molecule has 1 saturated heterocycles. The van der Waals surface area contributed by atoms with Crippen molar-refractivity contribution in [2.45, 2.75) is 63.9 Å². The van der Waals surface area contributed by atoms with E-state index in [0.717, 1.165) is 28.0 Å². The minimum Gasteiger partial charge on any atom is -0.458 e. The van der Waals surface area contributed by atoms with Gasteiger partial charge in [-0.2, -0.15) is 0 Å². The number of nitrogens with zero attached hydrogens (tertiary/aromatic N) is 2. The maximum absolute atomic E-state index is 15.0. The van der Waals surface area contributed by atoms with Gasteiger partial charge in [0.1, 0.15) is 12.4 Å². The highest BCUT2D eigenvalue weighted by atomic mass is 32.2. The van der Waals surface area contributed by atoms with Gasteiger partial charge in [-0.15, -0.1) is 11.8 Å². The van der Waals surface area contributed by atoms with Crippen molar-refractivity contribution in [3.8, 4) is 11.4 Å². The number of cyclic esters (lactones) is 1. The first-order valence-corrected chi connectivity index (χ1v) is 14.3. The van der Waals surface area contributed by atoms with Gasteiger partial charge < -0.3 is 19.7 Å². The van der Waals surface area contributed by atoms with Crippen LogP contribution in [0.4, 0.5) is 4.39 Å². The quantitative estimate of drug-likeness (QED) is 0.332. The first-order chi connectivity index (χ1) is 18.7. The fraction of sp³-hybridized carbons (Fsp3) is 0.429. The average Bonchev–Trinajstić information content (AvgIpc) is 3.59. The Morgan fingerprint density at radius 3 is 2.90 bits per heavy atom. The first-order valence-electron chi connectivity index (χ1n) is 13.2. The van der Waals surface area contributed by atoms with Gasteiger partial charge in [0.2, 0.25) is 5.91 Å². The molecule has 7 rings (SSSR count). The number of esters is 1. The van der Waals surface area contributed by atoms with E-state index in [0.29, 0.717) is 41.1 Å². The summed E-state index contributed by atoms with van der Waals surface area (Å²) in [6.45, 7) is 3.42. The summed E-state index contributed by atoms with van der Waals surface area (Å²) in [5.41, 5.74) is 2.68. The molecule has 3 aromatic rings. The second kappa shape index (κ2) is 8.61. The Labute approximate surface area is 227 Å². The van der Waals surface area contributed by atoms with Crippen molar-refractivity contribution in [3.63, 3.8) is 0 Å². The summed E-state index contributed by atoms with van der Waals surface area (Å²) in [4.78, 5) is 44.2. The molecule has 4 aliphatic rings. The average molecular weight is 551 g/mol. The molecule has 3 aliphatic heterocycles. The highest BCUT2D eigenvalue weighted by molar-refractivity contribution is 7.99. The summed E-state index contributed by atoms with van der Waals surface area (Å²) >= 11 is 1.67. The molecule has 2 aromatic heterocycles. The summed E-state index contributed by atoms with van der Waals surface area (Å²) in [6.07, 6.45) is 1.23. The van der Waals surface area contributed by atoms with Crippen LogP contribution in [0.1, 0.15) is 59.2 Å². The fourth-order valence-corrected chi connectivity index (χ4v) is 7.48. The van der Waals surface area contributed by atoms with Crippen molar-refractivity contribution >= 4 is 34.5 Å². The zero-order valence-corrected chi connectivity index (χ0v) is 22.3.